The molecule has 0 heterocycles. The zero-order valence-corrected chi connectivity index (χ0v) is 10.1. The monoisotopic (exact) mass is 260 g/mol. The Labute approximate surface area is 105 Å². The Morgan fingerprint density at radius 3 is 1.78 bits per heavy atom. The van der Waals surface area contributed by atoms with E-state index in [0.29, 0.717) is 0 Å². The average molecular weight is 260 g/mol. The first kappa shape index (κ1) is 15.9. The summed E-state index contributed by atoms with van der Waals surface area (Å²) >= 11 is 0. The lowest BCUT2D eigenvalue weighted by atomic mass is 10.1. The highest BCUT2D eigenvalue weighted by Gasteiger charge is 2.22. The summed E-state index contributed by atoms with van der Waals surface area (Å²) in [4.78, 5) is 9.80. The van der Waals surface area contributed by atoms with Crippen LogP contribution < -0.4 is 11.5 Å². The zero-order chi connectivity index (χ0) is 14.1. The molecule has 0 saturated heterocycles. The fraction of sp³-hybridized carbons (Fsp3) is 0.778. The van der Waals surface area contributed by atoms with Gasteiger partial charge >= 0.3 is 0 Å². The van der Waals surface area contributed by atoms with Crippen molar-refractivity contribution in [3.05, 3.63) is 10.1 Å². The summed E-state index contributed by atoms with van der Waals surface area (Å²) in [7, 11) is 0. The van der Waals surface area contributed by atoms with Crippen molar-refractivity contribution in [2.45, 2.75) is 44.6 Å². The number of guanidine groups is 2. The highest BCUT2D eigenvalue weighted by atomic mass is 16.9. The maximum absolute atomic E-state index is 8.36. The van der Waals surface area contributed by atoms with Gasteiger partial charge in [0.1, 0.15) is 0 Å². The van der Waals surface area contributed by atoms with Gasteiger partial charge in [-0.1, -0.05) is 25.7 Å². The van der Waals surface area contributed by atoms with Crippen LogP contribution >= 0.6 is 0 Å². The van der Waals surface area contributed by atoms with Gasteiger partial charge in [0.15, 0.2) is 11.9 Å². The van der Waals surface area contributed by atoms with E-state index < -0.39 is 5.09 Å². The van der Waals surface area contributed by atoms with Gasteiger partial charge < -0.3 is 16.7 Å². The Bertz CT molecular complexity index is 283. The van der Waals surface area contributed by atoms with E-state index in [-0.39, 0.29) is 18.0 Å². The molecule has 1 aliphatic carbocycles. The van der Waals surface area contributed by atoms with Crippen molar-refractivity contribution in [3.8, 4) is 0 Å². The SMILES string of the molecule is N=C(N)N(C(=N)N)C1CCCCCC1.O=[N+]([O-])O. The van der Waals surface area contributed by atoms with Crippen molar-refractivity contribution in [1.29, 1.82) is 10.8 Å². The molecular weight excluding hydrogens is 240 g/mol. The number of nitrogens with two attached hydrogens (primary N) is 2. The molecule has 0 spiro atoms. The average Bonchev–Trinajstić information content (AvgIpc) is 2.44. The highest BCUT2D eigenvalue weighted by molar-refractivity contribution is 5.94. The van der Waals surface area contributed by atoms with E-state index in [4.69, 9.17) is 37.6 Å². The van der Waals surface area contributed by atoms with Crippen LogP contribution in [0.5, 0.6) is 0 Å². The van der Waals surface area contributed by atoms with Crippen molar-refractivity contribution >= 4 is 11.9 Å². The van der Waals surface area contributed by atoms with Crippen LogP contribution in [-0.2, 0) is 0 Å². The van der Waals surface area contributed by atoms with Gasteiger partial charge in [0.25, 0.3) is 5.09 Å². The van der Waals surface area contributed by atoms with E-state index in [0.717, 1.165) is 25.7 Å². The molecular formula is C9H20N6O3. The molecule has 0 atom stereocenters. The first-order valence-corrected chi connectivity index (χ1v) is 5.66. The molecule has 0 bridgehead atoms. The fourth-order valence-electron chi connectivity index (χ4n) is 2.04. The zero-order valence-electron chi connectivity index (χ0n) is 10.1. The van der Waals surface area contributed by atoms with Crippen molar-refractivity contribution < 1.29 is 10.3 Å². The van der Waals surface area contributed by atoms with E-state index in [2.05, 4.69) is 0 Å². The van der Waals surface area contributed by atoms with Crippen LogP contribution in [0.25, 0.3) is 0 Å². The summed E-state index contributed by atoms with van der Waals surface area (Å²) in [5.74, 6) is -0.214. The van der Waals surface area contributed by atoms with Crippen molar-refractivity contribution in [2.75, 3.05) is 0 Å². The van der Waals surface area contributed by atoms with Crippen LogP contribution in [0, 0.1) is 20.9 Å². The van der Waals surface area contributed by atoms with Crippen LogP contribution in [0.15, 0.2) is 0 Å². The lowest BCUT2D eigenvalue weighted by Crippen LogP contribution is -2.50. The summed E-state index contributed by atoms with van der Waals surface area (Å²) in [6.45, 7) is 0. The molecule has 0 radical (unpaired) electrons. The molecule has 7 N–H and O–H groups in total. The Morgan fingerprint density at radius 1 is 1.17 bits per heavy atom. The molecule has 0 aromatic rings. The van der Waals surface area contributed by atoms with Gasteiger partial charge in [-0.25, -0.2) is 0 Å². The molecule has 0 aromatic heterocycles. The number of hydrogen-bond acceptors (Lipinski definition) is 4. The highest BCUT2D eigenvalue weighted by Crippen LogP contribution is 2.21. The predicted molar refractivity (Wildman–Crippen MR) is 65.9 cm³/mol. The molecule has 18 heavy (non-hydrogen) atoms. The van der Waals surface area contributed by atoms with E-state index >= 15 is 0 Å². The number of rotatable bonds is 1. The lowest BCUT2D eigenvalue weighted by Gasteiger charge is -2.29. The second-order valence-electron chi connectivity index (χ2n) is 4.02. The maximum Gasteiger partial charge on any atom is 0.291 e. The van der Waals surface area contributed by atoms with E-state index in [1.807, 2.05) is 0 Å². The van der Waals surface area contributed by atoms with Gasteiger partial charge in [-0.3, -0.25) is 15.7 Å². The van der Waals surface area contributed by atoms with Crippen LogP contribution in [0.2, 0.25) is 0 Å². The Hall–Kier alpha value is -2.06. The van der Waals surface area contributed by atoms with E-state index in [1.54, 1.807) is 0 Å². The Balaban J connectivity index is 0.000000631. The first-order valence-electron chi connectivity index (χ1n) is 5.66. The molecule has 0 unspecified atom stereocenters. The number of nitrogens with one attached hydrogen (secondary N) is 2. The lowest BCUT2D eigenvalue weighted by molar-refractivity contribution is -0.742. The van der Waals surface area contributed by atoms with Gasteiger partial charge in [0.2, 0.25) is 0 Å². The minimum atomic E-state index is -1.50. The minimum Gasteiger partial charge on any atom is -0.370 e. The second-order valence-corrected chi connectivity index (χ2v) is 4.02. The van der Waals surface area contributed by atoms with Crippen LogP contribution in [0.1, 0.15) is 38.5 Å². The minimum absolute atomic E-state index is 0.107. The topological polar surface area (TPSA) is 166 Å². The van der Waals surface area contributed by atoms with Crippen molar-refractivity contribution in [3.63, 3.8) is 0 Å². The van der Waals surface area contributed by atoms with Crippen molar-refractivity contribution in [1.82, 2.24) is 4.90 Å². The normalized spacial score (nSPS) is 15.8. The molecule has 1 aliphatic rings. The molecule has 1 saturated carbocycles. The standard InChI is InChI=1S/C9H19N5.HNO3/c10-8(11)14(9(12)13)7-5-3-1-2-4-6-7;2-1(3)4/h7H,1-6H2,(H3,10,11)(H3,12,13);(H,2,3,4). The van der Waals surface area contributed by atoms with Gasteiger partial charge in [0.05, 0.1) is 0 Å². The maximum atomic E-state index is 8.36. The summed E-state index contributed by atoms with van der Waals surface area (Å²) < 4.78 is 0. The van der Waals surface area contributed by atoms with Crippen LogP contribution in [0.3, 0.4) is 0 Å². The molecule has 1 fully saturated rings. The molecule has 0 amide bonds. The van der Waals surface area contributed by atoms with Gasteiger partial charge in [0, 0.05) is 6.04 Å². The first-order chi connectivity index (χ1) is 8.36. The fourth-order valence-corrected chi connectivity index (χ4v) is 2.04. The summed E-state index contributed by atoms with van der Waals surface area (Å²) in [5, 5.41) is 28.4. The molecule has 9 heteroatoms. The molecule has 0 aliphatic heterocycles. The smallest absolute Gasteiger partial charge is 0.291 e. The summed E-state index contributed by atoms with van der Waals surface area (Å²) in [6, 6.07) is 0.160. The Kier molecular flexibility index (Phi) is 7.17. The second kappa shape index (κ2) is 8.09. The number of hydrogen-bond donors (Lipinski definition) is 5. The molecule has 104 valence electrons. The molecule has 0 aromatic carbocycles. The summed E-state index contributed by atoms with van der Waals surface area (Å²) in [6.07, 6.45) is 6.72. The third-order valence-corrected chi connectivity index (χ3v) is 2.71. The third-order valence-electron chi connectivity index (χ3n) is 2.71. The van der Waals surface area contributed by atoms with Gasteiger partial charge in [-0.2, -0.15) is 0 Å². The predicted octanol–water partition coefficient (Wildman–Crippen LogP) is 0.450. The van der Waals surface area contributed by atoms with E-state index in [1.165, 1.54) is 17.7 Å². The summed E-state index contributed by atoms with van der Waals surface area (Å²) in [5.41, 5.74) is 10.8. The van der Waals surface area contributed by atoms with Gasteiger partial charge in [-0.05, 0) is 12.8 Å². The number of nitrogens with zero attached hydrogens (tertiary/aromatic N) is 2. The molecule has 9 nitrogen and oxygen atoms in total. The van der Waals surface area contributed by atoms with Crippen molar-refractivity contribution in [2.24, 2.45) is 11.5 Å². The van der Waals surface area contributed by atoms with Gasteiger partial charge in [-0.15, -0.1) is 10.1 Å². The molecule has 1 rings (SSSR count). The van der Waals surface area contributed by atoms with E-state index in [9.17, 15) is 0 Å². The van der Waals surface area contributed by atoms with Crippen LogP contribution in [-0.4, -0.2) is 33.2 Å². The third kappa shape index (κ3) is 6.51. The quantitative estimate of drug-likeness (QED) is 0.151. The largest absolute Gasteiger partial charge is 0.370 e. The Morgan fingerprint density at radius 2 is 1.50 bits per heavy atom. The van der Waals surface area contributed by atoms with Crippen LogP contribution in [0.4, 0.5) is 0 Å².